The van der Waals surface area contributed by atoms with Crippen LogP contribution in [0.4, 0.5) is 0 Å². The molecule has 0 atom stereocenters. The Hall–Kier alpha value is -0.980. The van der Waals surface area contributed by atoms with E-state index in [-0.39, 0.29) is 0 Å². The van der Waals surface area contributed by atoms with Gasteiger partial charge in [0, 0.05) is 0 Å². The summed E-state index contributed by atoms with van der Waals surface area (Å²) < 4.78 is 0. The van der Waals surface area contributed by atoms with Gasteiger partial charge in [0.05, 0.1) is 0 Å². The van der Waals surface area contributed by atoms with Gasteiger partial charge in [-0.15, -0.1) is 0 Å². The Morgan fingerprint density at radius 3 is 1.47 bits per heavy atom. The molecule has 0 bridgehead atoms. The Morgan fingerprint density at radius 2 is 1.20 bits per heavy atom. The van der Waals surface area contributed by atoms with E-state index >= 15 is 0 Å². The standard InChI is InChI=1S/C8H10O.3C2H6/c1-6-3-4-8(9)7(2)5-6;3*1-2/h3-5,9H,1-2H3;3*1-2H3. The summed E-state index contributed by atoms with van der Waals surface area (Å²) >= 11 is 0. The molecule has 0 radical (unpaired) electrons. The van der Waals surface area contributed by atoms with Crippen molar-refractivity contribution in [2.45, 2.75) is 55.4 Å². The van der Waals surface area contributed by atoms with Crippen LogP contribution in [0.25, 0.3) is 0 Å². The Morgan fingerprint density at radius 1 is 0.800 bits per heavy atom. The van der Waals surface area contributed by atoms with Gasteiger partial charge in [-0.05, 0) is 25.5 Å². The molecule has 1 rings (SSSR count). The summed E-state index contributed by atoms with van der Waals surface area (Å²) in [4.78, 5) is 0. The van der Waals surface area contributed by atoms with Gasteiger partial charge in [-0.25, -0.2) is 0 Å². The second-order valence-electron chi connectivity index (χ2n) is 2.29. The van der Waals surface area contributed by atoms with Crippen LogP contribution >= 0.6 is 0 Å². The number of benzene rings is 1. The first kappa shape index (κ1) is 19.6. The van der Waals surface area contributed by atoms with Crippen molar-refractivity contribution in [3.05, 3.63) is 29.3 Å². The summed E-state index contributed by atoms with van der Waals surface area (Å²) in [6, 6.07) is 5.56. The summed E-state index contributed by atoms with van der Waals surface area (Å²) in [6.07, 6.45) is 0. The lowest BCUT2D eigenvalue weighted by Crippen LogP contribution is -1.75. The fourth-order valence-corrected chi connectivity index (χ4v) is 0.805. The van der Waals surface area contributed by atoms with Gasteiger partial charge in [-0.1, -0.05) is 59.2 Å². The van der Waals surface area contributed by atoms with Crippen LogP contribution in [0.2, 0.25) is 0 Å². The molecule has 0 amide bonds. The van der Waals surface area contributed by atoms with Gasteiger partial charge in [0.25, 0.3) is 0 Å². The molecule has 0 heterocycles. The Labute approximate surface area is 96.2 Å². The van der Waals surface area contributed by atoms with Crippen molar-refractivity contribution in [1.29, 1.82) is 0 Å². The van der Waals surface area contributed by atoms with E-state index in [9.17, 15) is 0 Å². The maximum Gasteiger partial charge on any atom is 0.118 e. The van der Waals surface area contributed by atoms with Crippen molar-refractivity contribution in [1.82, 2.24) is 0 Å². The molecule has 90 valence electrons. The molecule has 0 saturated heterocycles. The van der Waals surface area contributed by atoms with Gasteiger partial charge >= 0.3 is 0 Å². The minimum atomic E-state index is 0.376. The van der Waals surface area contributed by atoms with Crippen molar-refractivity contribution >= 4 is 0 Å². The topological polar surface area (TPSA) is 20.2 Å². The third-order valence-corrected chi connectivity index (χ3v) is 1.35. The van der Waals surface area contributed by atoms with E-state index in [2.05, 4.69) is 0 Å². The monoisotopic (exact) mass is 212 g/mol. The lowest BCUT2D eigenvalue weighted by atomic mass is 10.1. The van der Waals surface area contributed by atoms with Crippen LogP contribution in [0.5, 0.6) is 5.75 Å². The highest BCUT2D eigenvalue weighted by Gasteiger charge is 1.91. The van der Waals surface area contributed by atoms with E-state index in [1.54, 1.807) is 6.07 Å². The average molecular weight is 212 g/mol. The highest BCUT2D eigenvalue weighted by Crippen LogP contribution is 2.15. The first-order valence-corrected chi connectivity index (χ1v) is 5.96. The van der Waals surface area contributed by atoms with E-state index in [0.29, 0.717) is 5.75 Å². The third-order valence-electron chi connectivity index (χ3n) is 1.35. The SMILES string of the molecule is CC.CC.CC.Cc1ccc(O)c(C)c1. The number of hydrogen-bond donors (Lipinski definition) is 1. The quantitative estimate of drug-likeness (QED) is 0.635. The number of phenolic OH excluding ortho intramolecular Hbond substituents is 1. The summed E-state index contributed by atoms with van der Waals surface area (Å²) in [5.41, 5.74) is 2.13. The molecule has 1 aromatic carbocycles. The van der Waals surface area contributed by atoms with Gasteiger partial charge in [-0.3, -0.25) is 0 Å². The zero-order chi connectivity index (χ0) is 12.9. The van der Waals surface area contributed by atoms with Crippen LogP contribution in [0.1, 0.15) is 52.7 Å². The first-order valence-electron chi connectivity index (χ1n) is 5.96. The van der Waals surface area contributed by atoms with Crippen molar-refractivity contribution in [3.63, 3.8) is 0 Å². The van der Waals surface area contributed by atoms with Crippen molar-refractivity contribution in [2.24, 2.45) is 0 Å². The van der Waals surface area contributed by atoms with E-state index in [0.717, 1.165) is 5.56 Å². The Kier molecular flexibility index (Phi) is 20.2. The molecule has 0 aliphatic carbocycles. The normalized spacial score (nSPS) is 6.93. The van der Waals surface area contributed by atoms with Crippen molar-refractivity contribution in [3.8, 4) is 5.75 Å². The summed E-state index contributed by atoms with van der Waals surface area (Å²) in [7, 11) is 0. The minimum Gasteiger partial charge on any atom is -0.508 e. The molecule has 0 unspecified atom stereocenters. The fraction of sp³-hybridized carbons (Fsp3) is 0.571. The van der Waals surface area contributed by atoms with Gasteiger partial charge < -0.3 is 5.11 Å². The van der Waals surface area contributed by atoms with Crippen LogP contribution in [0.3, 0.4) is 0 Å². The van der Waals surface area contributed by atoms with Crippen molar-refractivity contribution < 1.29 is 5.11 Å². The number of phenols is 1. The van der Waals surface area contributed by atoms with Gasteiger partial charge in [0.2, 0.25) is 0 Å². The maximum absolute atomic E-state index is 9.04. The van der Waals surface area contributed by atoms with Crippen LogP contribution in [0.15, 0.2) is 18.2 Å². The molecule has 1 N–H and O–H groups in total. The van der Waals surface area contributed by atoms with Gasteiger partial charge in [0.1, 0.15) is 5.75 Å². The molecule has 0 spiro atoms. The Bertz CT molecular complexity index is 217. The molecular formula is C14H28O. The molecular weight excluding hydrogens is 184 g/mol. The van der Waals surface area contributed by atoms with E-state index in [4.69, 9.17) is 5.11 Å². The fourth-order valence-electron chi connectivity index (χ4n) is 0.805. The van der Waals surface area contributed by atoms with Crippen LogP contribution < -0.4 is 0 Å². The average Bonchev–Trinajstić information content (AvgIpc) is 2.32. The summed E-state index contributed by atoms with van der Waals surface area (Å²) in [5, 5.41) is 9.04. The summed E-state index contributed by atoms with van der Waals surface area (Å²) in [5.74, 6) is 0.376. The minimum absolute atomic E-state index is 0.376. The van der Waals surface area contributed by atoms with Crippen molar-refractivity contribution in [2.75, 3.05) is 0 Å². The number of aromatic hydroxyl groups is 1. The molecule has 0 aliphatic rings. The lowest BCUT2D eigenvalue weighted by molar-refractivity contribution is 0.471. The van der Waals surface area contributed by atoms with Gasteiger partial charge in [-0.2, -0.15) is 0 Å². The van der Waals surface area contributed by atoms with E-state index < -0.39 is 0 Å². The maximum atomic E-state index is 9.04. The van der Waals surface area contributed by atoms with E-state index in [1.165, 1.54) is 5.56 Å². The number of rotatable bonds is 0. The number of hydrogen-bond acceptors (Lipinski definition) is 1. The smallest absolute Gasteiger partial charge is 0.118 e. The first-order chi connectivity index (χ1) is 7.20. The van der Waals surface area contributed by atoms with Crippen LogP contribution in [0, 0.1) is 13.8 Å². The van der Waals surface area contributed by atoms with E-state index in [1.807, 2.05) is 67.5 Å². The molecule has 0 fully saturated rings. The third kappa shape index (κ3) is 10.9. The molecule has 1 heteroatoms. The predicted octanol–water partition coefficient (Wildman–Crippen LogP) is 5.09. The second-order valence-corrected chi connectivity index (χ2v) is 2.29. The van der Waals surface area contributed by atoms with Crippen LogP contribution in [-0.2, 0) is 0 Å². The zero-order valence-electron chi connectivity index (χ0n) is 11.7. The van der Waals surface area contributed by atoms with Gasteiger partial charge in [0.15, 0.2) is 0 Å². The zero-order valence-corrected chi connectivity index (χ0v) is 11.7. The number of aryl methyl sites for hydroxylation is 2. The lowest BCUT2D eigenvalue weighted by Gasteiger charge is -1.97. The predicted molar refractivity (Wildman–Crippen MR) is 71.6 cm³/mol. The van der Waals surface area contributed by atoms with Crippen LogP contribution in [-0.4, -0.2) is 5.11 Å². The highest BCUT2D eigenvalue weighted by atomic mass is 16.3. The summed E-state index contributed by atoms with van der Waals surface area (Å²) in [6.45, 7) is 15.9. The molecule has 1 aromatic rings. The second kappa shape index (κ2) is 15.5. The Balaban J connectivity index is -0.000000208. The molecule has 15 heavy (non-hydrogen) atoms. The molecule has 0 aromatic heterocycles. The highest BCUT2D eigenvalue weighted by molar-refractivity contribution is 5.34. The largest absolute Gasteiger partial charge is 0.508 e. The molecule has 0 saturated carbocycles. The molecule has 1 nitrogen and oxygen atoms in total. The molecule has 0 aliphatic heterocycles.